The summed E-state index contributed by atoms with van der Waals surface area (Å²) in [5.41, 5.74) is 1.02. The molecule has 0 aromatic heterocycles. The molecule has 6 fully saturated rings. The van der Waals surface area contributed by atoms with Gasteiger partial charge in [0.2, 0.25) is 11.8 Å². The number of hydrogen-bond donors (Lipinski definition) is 0. The van der Waals surface area contributed by atoms with E-state index in [4.69, 9.17) is 4.74 Å². The minimum atomic E-state index is -0.238. The molecule has 0 radical (unpaired) electrons. The van der Waals surface area contributed by atoms with Gasteiger partial charge in [-0.05, 0) is 93.4 Å². The summed E-state index contributed by atoms with van der Waals surface area (Å²) in [5.74, 6) is 3.63. The van der Waals surface area contributed by atoms with E-state index in [-0.39, 0.29) is 17.4 Å². The Kier molecular flexibility index (Phi) is 5.30. The van der Waals surface area contributed by atoms with Crippen LogP contribution in [0.3, 0.4) is 0 Å². The van der Waals surface area contributed by atoms with Gasteiger partial charge < -0.3 is 19.4 Å². The fraction of sp³-hybridized carbons (Fsp3) is 0.704. The lowest BCUT2D eigenvalue weighted by Crippen LogP contribution is -2.59. The Morgan fingerprint density at radius 2 is 1.48 bits per heavy atom. The first kappa shape index (κ1) is 21.3. The van der Waals surface area contributed by atoms with Crippen molar-refractivity contribution in [1.29, 1.82) is 0 Å². The van der Waals surface area contributed by atoms with E-state index in [1.807, 2.05) is 21.9 Å². The Hall–Kier alpha value is -2.24. The van der Waals surface area contributed by atoms with E-state index in [0.29, 0.717) is 5.91 Å². The van der Waals surface area contributed by atoms with Crippen LogP contribution >= 0.6 is 0 Å². The fourth-order valence-electron chi connectivity index (χ4n) is 8.13. The molecule has 2 heterocycles. The molecule has 4 bridgehead atoms. The monoisotopic (exact) mass is 451 g/mol. The molecule has 4 saturated carbocycles. The van der Waals surface area contributed by atoms with Crippen LogP contribution in [-0.2, 0) is 9.59 Å². The SMILES string of the molecule is COc1ccc(N2CCN(C(=O)C3CCCN3C(=O)C34CC5CC(CC(C5)C3)C4)CC2)cc1. The second kappa shape index (κ2) is 8.21. The number of anilines is 1. The van der Waals surface area contributed by atoms with Gasteiger partial charge in [0.1, 0.15) is 11.8 Å². The quantitative estimate of drug-likeness (QED) is 0.703. The number of rotatable bonds is 4. The molecule has 1 aromatic rings. The van der Waals surface area contributed by atoms with Crippen LogP contribution in [0.4, 0.5) is 5.69 Å². The number of carbonyl (C=O) groups excluding carboxylic acids is 2. The zero-order valence-electron chi connectivity index (χ0n) is 19.9. The van der Waals surface area contributed by atoms with E-state index < -0.39 is 0 Å². The molecule has 1 aromatic carbocycles. The van der Waals surface area contributed by atoms with Crippen molar-refractivity contribution >= 4 is 17.5 Å². The van der Waals surface area contributed by atoms with Crippen molar-refractivity contribution in [2.24, 2.45) is 23.2 Å². The highest BCUT2D eigenvalue weighted by atomic mass is 16.5. The maximum absolute atomic E-state index is 13.9. The molecule has 6 nitrogen and oxygen atoms in total. The molecule has 6 heteroatoms. The van der Waals surface area contributed by atoms with Crippen LogP contribution in [0.5, 0.6) is 5.75 Å². The molecule has 33 heavy (non-hydrogen) atoms. The summed E-state index contributed by atoms with van der Waals surface area (Å²) in [4.78, 5) is 33.8. The average molecular weight is 452 g/mol. The maximum atomic E-state index is 13.9. The molecule has 0 spiro atoms. The summed E-state index contributed by atoms with van der Waals surface area (Å²) >= 11 is 0. The summed E-state index contributed by atoms with van der Waals surface area (Å²) in [6.45, 7) is 3.87. The third-order valence-corrected chi connectivity index (χ3v) is 9.32. The zero-order chi connectivity index (χ0) is 22.6. The summed E-state index contributed by atoms with van der Waals surface area (Å²) < 4.78 is 5.26. The Labute approximate surface area is 197 Å². The second-order valence-corrected chi connectivity index (χ2v) is 11.4. The first-order chi connectivity index (χ1) is 16.0. The van der Waals surface area contributed by atoms with Crippen LogP contribution in [0, 0.1) is 23.2 Å². The van der Waals surface area contributed by atoms with Gasteiger partial charge in [-0.25, -0.2) is 0 Å². The molecule has 1 atom stereocenters. The summed E-state index contributed by atoms with van der Waals surface area (Å²) in [6, 6.07) is 7.90. The van der Waals surface area contributed by atoms with E-state index in [9.17, 15) is 9.59 Å². The fourth-order valence-corrected chi connectivity index (χ4v) is 8.13. The van der Waals surface area contributed by atoms with E-state index in [2.05, 4.69) is 17.0 Å². The average Bonchev–Trinajstić information content (AvgIpc) is 3.32. The second-order valence-electron chi connectivity index (χ2n) is 11.4. The van der Waals surface area contributed by atoms with Crippen LogP contribution in [0.1, 0.15) is 51.4 Å². The van der Waals surface area contributed by atoms with Crippen molar-refractivity contribution in [3.8, 4) is 5.75 Å². The lowest BCUT2D eigenvalue weighted by Gasteiger charge is -2.56. The molecule has 4 aliphatic carbocycles. The largest absolute Gasteiger partial charge is 0.497 e. The molecule has 178 valence electrons. The number of amides is 2. The minimum Gasteiger partial charge on any atom is -0.497 e. The van der Waals surface area contributed by atoms with Crippen LogP contribution in [0.25, 0.3) is 0 Å². The number of nitrogens with zero attached hydrogens (tertiary/aromatic N) is 3. The van der Waals surface area contributed by atoms with Gasteiger partial charge in [0.15, 0.2) is 0 Å². The van der Waals surface area contributed by atoms with Crippen molar-refractivity contribution in [1.82, 2.24) is 9.80 Å². The number of likely N-dealkylation sites (tertiary alicyclic amines) is 1. The normalized spacial score (nSPS) is 35.2. The number of ether oxygens (including phenoxy) is 1. The summed E-state index contributed by atoms with van der Waals surface area (Å²) in [6.07, 6.45) is 9.05. The molecule has 2 amide bonds. The lowest BCUT2D eigenvalue weighted by molar-refractivity contribution is -0.162. The Morgan fingerprint density at radius 3 is 2.06 bits per heavy atom. The van der Waals surface area contributed by atoms with Gasteiger partial charge in [-0.1, -0.05) is 0 Å². The predicted molar refractivity (Wildman–Crippen MR) is 127 cm³/mol. The highest BCUT2D eigenvalue weighted by Crippen LogP contribution is 2.60. The van der Waals surface area contributed by atoms with E-state index in [1.165, 1.54) is 24.9 Å². The van der Waals surface area contributed by atoms with Crippen molar-refractivity contribution in [3.63, 3.8) is 0 Å². The maximum Gasteiger partial charge on any atom is 0.245 e. The molecular weight excluding hydrogens is 414 g/mol. The van der Waals surface area contributed by atoms with Gasteiger partial charge in [0.05, 0.1) is 12.5 Å². The van der Waals surface area contributed by atoms with Gasteiger partial charge >= 0.3 is 0 Å². The molecular formula is C27H37N3O3. The first-order valence-corrected chi connectivity index (χ1v) is 13.0. The number of piperazine rings is 1. The number of hydrogen-bond acceptors (Lipinski definition) is 4. The zero-order valence-corrected chi connectivity index (χ0v) is 19.9. The lowest BCUT2D eigenvalue weighted by atomic mass is 9.49. The number of methoxy groups -OCH3 is 1. The number of benzene rings is 1. The molecule has 0 N–H and O–H groups in total. The van der Waals surface area contributed by atoms with Crippen molar-refractivity contribution in [2.75, 3.05) is 44.7 Å². The van der Waals surface area contributed by atoms with Crippen LogP contribution in [0.15, 0.2) is 24.3 Å². The first-order valence-electron chi connectivity index (χ1n) is 13.0. The molecule has 2 aliphatic heterocycles. The van der Waals surface area contributed by atoms with Crippen molar-refractivity contribution in [3.05, 3.63) is 24.3 Å². The van der Waals surface area contributed by atoms with Gasteiger partial charge in [-0.2, -0.15) is 0 Å². The van der Waals surface area contributed by atoms with Crippen molar-refractivity contribution in [2.45, 2.75) is 57.4 Å². The van der Waals surface area contributed by atoms with Crippen LogP contribution in [-0.4, -0.2) is 67.5 Å². The summed E-state index contributed by atoms with van der Waals surface area (Å²) in [5, 5.41) is 0. The highest BCUT2D eigenvalue weighted by Gasteiger charge is 2.57. The van der Waals surface area contributed by atoms with Crippen LogP contribution in [0.2, 0.25) is 0 Å². The highest BCUT2D eigenvalue weighted by molar-refractivity contribution is 5.91. The summed E-state index contributed by atoms with van der Waals surface area (Å²) in [7, 11) is 1.68. The Bertz CT molecular complexity index is 870. The Balaban J connectivity index is 1.11. The molecule has 1 unspecified atom stereocenters. The van der Waals surface area contributed by atoms with E-state index in [0.717, 1.165) is 88.3 Å². The topological polar surface area (TPSA) is 53.1 Å². The third kappa shape index (κ3) is 3.70. The Morgan fingerprint density at radius 1 is 0.879 bits per heavy atom. The van der Waals surface area contributed by atoms with Gasteiger partial charge in [-0.15, -0.1) is 0 Å². The van der Waals surface area contributed by atoms with Crippen LogP contribution < -0.4 is 9.64 Å². The smallest absolute Gasteiger partial charge is 0.245 e. The van der Waals surface area contributed by atoms with Gasteiger partial charge in [0.25, 0.3) is 0 Å². The standard InChI is InChI=1S/C27H37N3O3/c1-33-23-6-4-22(5-7-23)28-9-11-29(12-10-28)25(31)24-3-2-8-30(24)26(32)27-16-19-13-20(17-27)15-21(14-19)18-27/h4-7,19-21,24H,2-3,8-18H2,1H3. The minimum absolute atomic E-state index is 0.148. The van der Waals surface area contributed by atoms with Gasteiger partial charge in [0, 0.05) is 38.4 Å². The predicted octanol–water partition coefficient (Wildman–Crippen LogP) is 3.55. The molecule has 2 saturated heterocycles. The number of carbonyl (C=O) groups is 2. The third-order valence-electron chi connectivity index (χ3n) is 9.32. The van der Waals surface area contributed by atoms with Crippen molar-refractivity contribution < 1.29 is 14.3 Å². The van der Waals surface area contributed by atoms with Gasteiger partial charge in [-0.3, -0.25) is 9.59 Å². The molecule has 7 rings (SSSR count). The van der Waals surface area contributed by atoms with E-state index >= 15 is 0 Å². The molecule has 6 aliphatic rings. The van der Waals surface area contributed by atoms with E-state index in [1.54, 1.807) is 7.11 Å².